The van der Waals surface area contributed by atoms with E-state index in [1.54, 1.807) is 7.11 Å². The van der Waals surface area contributed by atoms with Crippen molar-refractivity contribution in [2.24, 2.45) is 0 Å². The third-order valence-corrected chi connectivity index (χ3v) is 4.61. The monoisotopic (exact) mass is 348 g/mol. The molecule has 4 nitrogen and oxygen atoms in total. The summed E-state index contributed by atoms with van der Waals surface area (Å²) in [6.45, 7) is 0.495. The van der Waals surface area contributed by atoms with E-state index in [1.165, 1.54) is 0 Å². The Morgan fingerprint density at radius 3 is 2.46 bits per heavy atom. The summed E-state index contributed by atoms with van der Waals surface area (Å²) in [5.41, 5.74) is 1.75. The van der Waals surface area contributed by atoms with Gasteiger partial charge in [-0.3, -0.25) is 4.79 Å². The fourth-order valence-electron chi connectivity index (χ4n) is 3.22. The van der Waals surface area contributed by atoms with Crippen LogP contribution in [0.15, 0.2) is 66.7 Å². The molecule has 1 atom stereocenters. The lowest BCUT2D eigenvalue weighted by Gasteiger charge is -2.26. The number of para-hydroxylation sites is 1. The van der Waals surface area contributed by atoms with Crippen LogP contribution in [-0.2, 0) is 0 Å². The van der Waals surface area contributed by atoms with Gasteiger partial charge in [-0.05, 0) is 37.0 Å². The first-order valence-electron chi connectivity index (χ1n) is 8.67. The van der Waals surface area contributed by atoms with Gasteiger partial charge in [-0.25, -0.2) is 0 Å². The van der Waals surface area contributed by atoms with E-state index in [0.29, 0.717) is 12.1 Å². The molecule has 0 saturated heterocycles. The van der Waals surface area contributed by atoms with Gasteiger partial charge in [0.15, 0.2) is 0 Å². The first kappa shape index (κ1) is 18.0. The topological polar surface area (TPSA) is 41.6 Å². The predicted octanol–water partition coefficient (Wildman–Crippen LogP) is 3.88. The lowest BCUT2D eigenvalue weighted by atomic mass is 10.0. The average Bonchev–Trinajstić information content (AvgIpc) is 2.67. The SMILES string of the molecule is COc1ccccc1C(CNC(=O)c1cccc2ccccc12)N(C)C. The van der Waals surface area contributed by atoms with Gasteiger partial charge in [0.2, 0.25) is 0 Å². The summed E-state index contributed by atoms with van der Waals surface area (Å²) in [5.74, 6) is 0.758. The molecule has 1 N–H and O–H groups in total. The number of rotatable bonds is 6. The van der Waals surface area contributed by atoms with Crippen molar-refractivity contribution in [1.29, 1.82) is 0 Å². The number of likely N-dealkylation sites (N-methyl/N-ethyl adjacent to an activating group) is 1. The molecule has 0 radical (unpaired) electrons. The Hall–Kier alpha value is -2.85. The molecular weight excluding hydrogens is 324 g/mol. The van der Waals surface area contributed by atoms with E-state index in [4.69, 9.17) is 4.74 Å². The average molecular weight is 348 g/mol. The van der Waals surface area contributed by atoms with Crippen LogP contribution in [0.5, 0.6) is 5.75 Å². The zero-order valence-corrected chi connectivity index (χ0v) is 15.4. The van der Waals surface area contributed by atoms with Gasteiger partial charge in [0.1, 0.15) is 5.75 Å². The van der Waals surface area contributed by atoms with Crippen molar-refractivity contribution in [3.63, 3.8) is 0 Å². The van der Waals surface area contributed by atoms with Crippen LogP contribution in [0.25, 0.3) is 10.8 Å². The molecule has 0 aliphatic carbocycles. The van der Waals surface area contributed by atoms with Crippen molar-refractivity contribution < 1.29 is 9.53 Å². The van der Waals surface area contributed by atoms with Crippen molar-refractivity contribution >= 4 is 16.7 Å². The Morgan fingerprint density at radius 2 is 1.69 bits per heavy atom. The second-order valence-corrected chi connectivity index (χ2v) is 6.46. The summed E-state index contributed by atoms with van der Waals surface area (Å²) in [4.78, 5) is 14.9. The smallest absolute Gasteiger partial charge is 0.251 e. The molecule has 0 bridgehead atoms. The van der Waals surface area contributed by atoms with Crippen molar-refractivity contribution in [3.05, 3.63) is 77.9 Å². The molecule has 0 heterocycles. The van der Waals surface area contributed by atoms with Gasteiger partial charge in [0, 0.05) is 17.7 Å². The van der Waals surface area contributed by atoms with E-state index in [0.717, 1.165) is 22.1 Å². The van der Waals surface area contributed by atoms with Crippen LogP contribution in [0, 0.1) is 0 Å². The van der Waals surface area contributed by atoms with Crippen molar-refractivity contribution in [2.75, 3.05) is 27.7 Å². The molecule has 0 aromatic heterocycles. The molecule has 134 valence electrons. The fraction of sp³-hybridized carbons (Fsp3) is 0.227. The number of nitrogens with zero attached hydrogens (tertiary/aromatic N) is 1. The first-order chi connectivity index (χ1) is 12.6. The Labute approximate surface area is 154 Å². The minimum atomic E-state index is -0.0662. The van der Waals surface area contributed by atoms with Crippen LogP contribution in [0.2, 0.25) is 0 Å². The standard InChI is InChI=1S/C22H24N2O2/c1-24(2)20(19-12-6-7-14-21(19)26-3)15-23-22(25)18-13-8-10-16-9-4-5-11-17(16)18/h4-14,20H,15H2,1-3H3,(H,23,25). The molecule has 3 rings (SSSR count). The summed E-state index contributed by atoms with van der Waals surface area (Å²) < 4.78 is 5.49. The Kier molecular flexibility index (Phi) is 5.54. The number of nitrogens with one attached hydrogen (secondary N) is 1. The number of methoxy groups -OCH3 is 1. The highest BCUT2D eigenvalue weighted by Gasteiger charge is 2.19. The molecule has 0 saturated carbocycles. The summed E-state index contributed by atoms with van der Waals surface area (Å²) in [5, 5.41) is 5.11. The lowest BCUT2D eigenvalue weighted by molar-refractivity contribution is 0.0943. The summed E-state index contributed by atoms with van der Waals surface area (Å²) in [6.07, 6.45) is 0. The number of amides is 1. The molecule has 3 aromatic rings. The number of hydrogen-bond donors (Lipinski definition) is 1. The van der Waals surface area contributed by atoms with E-state index < -0.39 is 0 Å². The minimum Gasteiger partial charge on any atom is -0.496 e. The van der Waals surface area contributed by atoms with Crippen LogP contribution < -0.4 is 10.1 Å². The van der Waals surface area contributed by atoms with Crippen LogP contribution >= 0.6 is 0 Å². The largest absolute Gasteiger partial charge is 0.496 e. The molecule has 3 aromatic carbocycles. The third kappa shape index (κ3) is 3.70. The zero-order chi connectivity index (χ0) is 18.5. The fourth-order valence-corrected chi connectivity index (χ4v) is 3.22. The highest BCUT2D eigenvalue weighted by molar-refractivity contribution is 6.07. The van der Waals surface area contributed by atoms with Crippen molar-refractivity contribution in [2.45, 2.75) is 6.04 Å². The number of hydrogen-bond acceptors (Lipinski definition) is 3. The van der Waals surface area contributed by atoms with Crippen LogP contribution in [-0.4, -0.2) is 38.6 Å². The van der Waals surface area contributed by atoms with Crippen molar-refractivity contribution in [3.8, 4) is 5.75 Å². The summed E-state index contributed by atoms with van der Waals surface area (Å²) in [6, 6.07) is 21.7. The second-order valence-electron chi connectivity index (χ2n) is 6.46. The van der Waals surface area contributed by atoms with E-state index in [1.807, 2.05) is 80.8 Å². The van der Waals surface area contributed by atoms with Gasteiger partial charge in [-0.15, -0.1) is 0 Å². The summed E-state index contributed by atoms with van der Waals surface area (Å²) in [7, 11) is 5.67. The van der Waals surface area contributed by atoms with Crippen molar-refractivity contribution in [1.82, 2.24) is 10.2 Å². The summed E-state index contributed by atoms with van der Waals surface area (Å²) >= 11 is 0. The van der Waals surface area contributed by atoms with E-state index in [9.17, 15) is 4.79 Å². The minimum absolute atomic E-state index is 0.0186. The van der Waals surface area contributed by atoms with Gasteiger partial charge >= 0.3 is 0 Å². The number of benzene rings is 3. The second kappa shape index (κ2) is 8.02. The van der Waals surface area contributed by atoms with Crippen LogP contribution in [0.4, 0.5) is 0 Å². The first-order valence-corrected chi connectivity index (χ1v) is 8.67. The lowest BCUT2D eigenvalue weighted by Crippen LogP contribution is -2.34. The molecule has 0 fully saturated rings. The van der Waals surface area contributed by atoms with Gasteiger partial charge in [-0.1, -0.05) is 54.6 Å². The van der Waals surface area contributed by atoms with Crippen LogP contribution in [0.3, 0.4) is 0 Å². The van der Waals surface area contributed by atoms with Gasteiger partial charge < -0.3 is 15.0 Å². The number of carbonyl (C=O) groups is 1. The Balaban J connectivity index is 1.82. The molecule has 1 amide bonds. The normalized spacial score (nSPS) is 12.2. The molecule has 0 aliphatic heterocycles. The molecule has 4 heteroatoms. The third-order valence-electron chi connectivity index (χ3n) is 4.61. The highest BCUT2D eigenvalue weighted by Crippen LogP contribution is 2.27. The maximum atomic E-state index is 12.8. The Bertz CT molecular complexity index is 900. The molecular formula is C22H24N2O2. The van der Waals surface area contributed by atoms with Gasteiger partial charge in [-0.2, -0.15) is 0 Å². The van der Waals surface area contributed by atoms with Gasteiger partial charge in [0.05, 0.1) is 13.2 Å². The van der Waals surface area contributed by atoms with E-state index in [2.05, 4.69) is 10.2 Å². The van der Waals surface area contributed by atoms with E-state index >= 15 is 0 Å². The predicted molar refractivity (Wildman–Crippen MR) is 106 cm³/mol. The maximum Gasteiger partial charge on any atom is 0.251 e. The zero-order valence-electron chi connectivity index (χ0n) is 15.4. The number of ether oxygens (including phenoxy) is 1. The molecule has 0 aliphatic rings. The molecule has 1 unspecified atom stereocenters. The molecule has 26 heavy (non-hydrogen) atoms. The Morgan fingerprint density at radius 1 is 1.00 bits per heavy atom. The quantitative estimate of drug-likeness (QED) is 0.735. The van der Waals surface area contributed by atoms with E-state index in [-0.39, 0.29) is 11.9 Å². The van der Waals surface area contributed by atoms with Gasteiger partial charge in [0.25, 0.3) is 5.91 Å². The highest BCUT2D eigenvalue weighted by atomic mass is 16.5. The number of carbonyl (C=O) groups excluding carboxylic acids is 1. The van der Waals surface area contributed by atoms with Crippen LogP contribution in [0.1, 0.15) is 22.0 Å². The number of fused-ring (bicyclic) bond motifs is 1. The maximum absolute atomic E-state index is 12.8. The molecule has 0 spiro atoms.